The lowest BCUT2D eigenvalue weighted by Gasteiger charge is -2.00. The van der Waals surface area contributed by atoms with Crippen molar-refractivity contribution in [2.24, 2.45) is 0 Å². The van der Waals surface area contributed by atoms with Gasteiger partial charge in [-0.3, -0.25) is 4.79 Å². The summed E-state index contributed by atoms with van der Waals surface area (Å²) in [6.07, 6.45) is 10.4. The quantitative estimate of drug-likeness (QED) is 0.355. The largest absolute Gasteiger partial charge is 0.469 e. The Morgan fingerprint density at radius 3 is 2.11 bits per heavy atom. The summed E-state index contributed by atoms with van der Waals surface area (Å²) in [5.74, 6) is 11.8. The maximum Gasteiger partial charge on any atom is 0.305 e. The Labute approximate surface area is 118 Å². The lowest BCUT2D eigenvalue weighted by Crippen LogP contribution is -1.99. The molecule has 0 unspecified atom stereocenters. The maximum atomic E-state index is 10.9. The van der Waals surface area contributed by atoms with Crippen LogP contribution in [0.2, 0.25) is 0 Å². The van der Waals surface area contributed by atoms with Gasteiger partial charge in [-0.15, -0.1) is 0 Å². The van der Waals surface area contributed by atoms with E-state index in [1.54, 1.807) is 0 Å². The standard InChI is InChI=1S/C17H26O2/c1-3-4-5-6-7-8-9-10-11-12-13-14-15-16-17(18)19-2/h3-4,9-16H2,1-2H3. The first-order chi connectivity index (χ1) is 9.31. The van der Waals surface area contributed by atoms with Gasteiger partial charge in [0.2, 0.25) is 0 Å². The van der Waals surface area contributed by atoms with E-state index in [0.29, 0.717) is 6.42 Å². The molecule has 0 aromatic carbocycles. The highest BCUT2D eigenvalue weighted by Crippen LogP contribution is 2.08. The van der Waals surface area contributed by atoms with Gasteiger partial charge in [-0.1, -0.05) is 44.4 Å². The first-order valence-electron chi connectivity index (χ1n) is 7.33. The molecular weight excluding hydrogens is 236 g/mol. The van der Waals surface area contributed by atoms with Crippen LogP contribution in [0.1, 0.15) is 71.1 Å². The minimum absolute atomic E-state index is 0.0977. The third-order valence-electron chi connectivity index (χ3n) is 2.77. The minimum Gasteiger partial charge on any atom is -0.469 e. The van der Waals surface area contributed by atoms with E-state index in [2.05, 4.69) is 35.3 Å². The molecule has 0 atom stereocenters. The number of methoxy groups -OCH3 is 1. The zero-order valence-electron chi connectivity index (χ0n) is 12.4. The Morgan fingerprint density at radius 2 is 1.47 bits per heavy atom. The minimum atomic E-state index is -0.0977. The summed E-state index contributed by atoms with van der Waals surface area (Å²) in [4.78, 5) is 10.9. The molecule has 106 valence electrons. The molecule has 0 amide bonds. The summed E-state index contributed by atoms with van der Waals surface area (Å²) in [6.45, 7) is 2.12. The summed E-state index contributed by atoms with van der Waals surface area (Å²) in [5, 5.41) is 0. The third-order valence-corrected chi connectivity index (χ3v) is 2.77. The van der Waals surface area contributed by atoms with Gasteiger partial charge < -0.3 is 4.74 Å². The van der Waals surface area contributed by atoms with Crippen LogP contribution in [0, 0.1) is 23.7 Å². The second-order valence-corrected chi connectivity index (χ2v) is 4.55. The molecule has 0 saturated carbocycles. The summed E-state index contributed by atoms with van der Waals surface area (Å²) in [5.41, 5.74) is 0. The van der Waals surface area contributed by atoms with Crippen molar-refractivity contribution in [1.29, 1.82) is 0 Å². The Kier molecular flexibility index (Phi) is 13.6. The molecule has 0 saturated heterocycles. The SMILES string of the molecule is CCCC#CC#CCCCCCCCCC(=O)OC. The van der Waals surface area contributed by atoms with E-state index in [9.17, 15) is 4.79 Å². The number of hydrogen-bond acceptors (Lipinski definition) is 2. The molecule has 2 heteroatoms. The first-order valence-corrected chi connectivity index (χ1v) is 7.33. The van der Waals surface area contributed by atoms with Crippen molar-refractivity contribution >= 4 is 5.97 Å². The van der Waals surface area contributed by atoms with Crippen molar-refractivity contribution in [2.75, 3.05) is 7.11 Å². The number of hydrogen-bond donors (Lipinski definition) is 0. The molecule has 19 heavy (non-hydrogen) atoms. The van der Waals surface area contributed by atoms with Gasteiger partial charge in [0.15, 0.2) is 0 Å². The zero-order valence-corrected chi connectivity index (χ0v) is 12.4. The number of esters is 1. The Balaban J connectivity index is 3.23. The predicted octanol–water partition coefficient (Wildman–Crippen LogP) is 4.09. The van der Waals surface area contributed by atoms with Crippen molar-refractivity contribution in [3.8, 4) is 23.7 Å². The average Bonchev–Trinajstić information content (AvgIpc) is 2.43. The fourth-order valence-electron chi connectivity index (χ4n) is 1.63. The number of ether oxygens (including phenoxy) is 1. The van der Waals surface area contributed by atoms with E-state index in [1.165, 1.54) is 26.4 Å². The molecule has 0 fully saturated rings. The number of carbonyl (C=O) groups excluding carboxylic acids is 1. The highest BCUT2D eigenvalue weighted by Gasteiger charge is 1.98. The van der Waals surface area contributed by atoms with E-state index in [0.717, 1.165) is 38.5 Å². The van der Waals surface area contributed by atoms with Crippen LogP contribution in [-0.2, 0) is 9.53 Å². The van der Waals surface area contributed by atoms with E-state index >= 15 is 0 Å². The summed E-state index contributed by atoms with van der Waals surface area (Å²) >= 11 is 0. The van der Waals surface area contributed by atoms with Crippen molar-refractivity contribution in [1.82, 2.24) is 0 Å². The Bertz CT molecular complexity index is 336. The number of rotatable bonds is 9. The maximum absolute atomic E-state index is 10.9. The van der Waals surface area contributed by atoms with Crippen molar-refractivity contribution < 1.29 is 9.53 Å². The fraction of sp³-hybridized carbons (Fsp3) is 0.706. The van der Waals surface area contributed by atoms with Crippen molar-refractivity contribution in [3.05, 3.63) is 0 Å². The van der Waals surface area contributed by atoms with E-state index < -0.39 is 0 Å². The summed E-state index contributed by atoms with van der Waals surface area (Å²) < 4.78 is 4.59. The molecule has 0 radical (unpaired) electrons. The van der Waals surface area contributed by atoms with Gasteiger partial charge in [-0.2, -0.15) is 0 Å². The molecule has 0 aliphatic heterocycles. The smallest absolute Gasteiger partial charge is 0.305 e. The molecule has 0 aromatic heterocycles. The fourth-order valence-corrected chi connectivity index (χ4v) is 1.63. The lowest BCUT2D eigenvalue weighted by molar-refractivity contribution is -0.140. The molecule has 0 rings (SSSR count). The second-order valence-electron chi connectivity index (χ2n) is 4.55. The normalized spacial score (nSPS) is 8.95. The van der Waals surface area contributed by atoms with Gasteiger partial charge in [-0.05, 0) is 31.1 Å². The highest BCUT2D eigenvalue weighted by molar-refractivity contribution is 5.68. The van der Waals surface area contributed by atoms with Gasteiger partial charge >= 0.3 is 5.97 Å². The predicted molar refractivity (Wildman–Crippen MR) is 79.4 cm³/mol. The van der Waals surface area contributed by atoms with Gasteiger partial charge in [0.05, 0.1) is 7.11 Å². The number of carbonyl (C=O) groups is 1. The molecule has 2 nitrogen and oxygen atoms in total. The highest BCUT2D eigenvalue weighted by atomic mass is 16.5. The molecule has 0 aromatic rings. The van der Waals surface area contributed by atoms with Crippen LogP contribution in [0.5, 0.6) is 0 Å². The first kappa shape index (κ1) is 17.6. The van der Waals surface area contributed by atoms with Gasteiger partial charge in [0.1, 0.15) is 0 Å². The third kappa shape index (κ3) is 14.5. The molecule has 0 spiro atoms. The van der Waals surface area contributed by atoms with Gasteiger partial charge in [-0.25, -0.2) is 0 Å². The van der Waals surface area contributed by atoms with Crippen LogP contribution in [0.15, 0.2) is 0 Å². The molecule has 0 bridgehead atoms. The van der Waals surface area contributed by atoms with Gasteiger partial charge in [0.25, 0.3) is 0 Å². The molecular formula is C17H26O2. The van der Waals surface area contributed by atoms with E-state index in [1.807, 2.05) is 0 Å². The summed E-state index contributed by atoms with van der Waals surface area (Å²) in [6, 6.07) is 0. The summed E-state index contributed by atoms with van der Waals surface area (Å²) in [7, 11) is 1.44. The topological polar surface area (TPSA) is 26.3 Å². The molecule has 0 N–H and O–H groups in total. The molecule has 0 heterocycles. The van der Waals surface area contributed by atoms with Crippen LogP contribution in [0.4, 0.5) is 0 Å². The van der Waals surface area contributed by atoms with E-state index in [4.69, 9.17) is 0 Å². The van der Waals surface area contributed by atoms with E-state index in [-0.39, 0.29) is 5.97 Å². The van der Waals surface area contributed by atoms with Gasteiger partial charge in [0, 0.05) is 19.3 Å². The average molecular weight is 262 g/mol. The Morgan fingerprint density at radius 1 is 0.895 bits per heavy atom. The van der Waals surface area contributed by atoms with Crippen LogP contribution in [0.3, 0.4) is 0 Å². The molecule has 0 aliphatic rings. The van der Waals surface area contributed by atoms with Crippen LogP contribution >= 0.6 is 0 Å². The van der Waals surface area contributed by atoms with Crippen LogP contribution in [-0.4, -0.2) is 13.1 Å². The second kappa shape index (κ2) is 14.7. The van der Waals surface area contributed by atoms with Crippen LogP contribution in [0.25, 0.3) is 0 Å². The molecule has 0 aliphatic carbocycles. The number of unbranched alkanes of at least 4 members (excludes halogenated alkanes) is 7. The lowest BCUT2D eigenvalue weighted by atomic mass is 10.1. The van der Waals surface area contributed by atoms with Crippen molar-refractivity contribution in [3.63, 3.8) is 0 Å². The monoisotopic (exact) mass is 262 g/mol. The van der Waals surface area contributed by atoms with Crippen molar-refractivity contribution in [2.45, 2.75) is 71.1 Å². The Hall–Kier alpha value is -1.41. The zero-order chi connectivity index (χ0) is 14.2. The van der Waals surface area contributed by atoms with Crippen LogP contribution < -0.4 is 0 Å².